The molecule has 0 amide bonds. The second-order valence-electron chi connectivity index (χ2n) is 8.24. The average Bonchev–Trinajstić information content (AvgIpc) is 3.40. The summed E-state index contributed by atoms with van der Waals surface area (Å²) >= 11 is 1.77. The Hall–Kier alpha value is -0.650. The monoisotopic (exact) mass is 550 g/mol. The van der Waals surface area contributed by atoms with E-state index in [9.17, 15) is 0 Å². The molecule has 3 heterocycles. The highest BCUT2D eigenvalue weighted by molar-refractivity contribution is 14.0. The molecule has 0 atom stereocenters. The fraction of sp³-hybridized carbons (Fsp3) is 0.810. The van der Waals surface area contributed by atoms with Crippen LogP contribution in [0, 0.1) is 0 Å². The second kappa shape index (κ2) is 13.7. The van der Waals surface area contributed by atoms with Crippen LogP contribution in [0.4, 0.5) is 5.13 Å². The molecule has 0 unspecified atom stereocenters. The van der Waals surface area contributed by atoms with Gasteiger partial charge in [0.1, 0.15) is 0 Å². The van der Waals surface area contributed by atoms with Gasteiger partial charge in [-0.05, 0) is 39.5 Å². The van der Waals surface area contributed by atoms with Crippen molar-refractivity contribution in [1.82, 2.24) is 20.5 Å². The Balaban J connectivity index is 0.00000320. The van der Waals surface area contributed by atoms with E-state index < -0.39 is 0 Å². The maximum atomic E-state index is 5.67. The first-order chi connectivity index (χ1) is 14.1. The Morgan fingerprint density at radius 2 is 2.00 bits per heavy atom. The minimum Gasteiger partial charge on any atom is -0.377 e. The molecule has 0 aliphatic carbocycles. The van der Waals surface area contributed by atoms with Gasteiger partial charge in [0.05, 0.1) is 18.4 Å². The Labute approximate surface area is 203 Å². The van der Waals surface area contributed by atoms with Crippen molar-refractivity contribution >= 4 is 46.4 Å². The molecule has 2 saturated heterocycles. The van der Waals surface area contributed by atoms with E-state index in [1.54, 1.807) is 11.3 Å². The standard InChI is InChI=1S/C21H38N6OS.HI/c1-17(2)28-15-14-26-12-7-18(8-13-26)24-20(22-3)23-9-6-19-16-29-21(25-19)27-10-4-5-11-27;/h16-18H,4-15H2,1-3H3,(H2,22,23,24);1H. The van der Waals surface area contributed by atoms with Crippen LogP contribution in [0.25, 0.3) is 0 Å². The third-order valence-electron chi connectivity index (χ3n) is 5.60. The van der Waals surface area contributed by atoms with Crippen molar-refractivity contribution in [3.63, 3.8) is 0 Å². The number of likely N-dealkylation sites (tertiary alicyclic amines) is 1. The van der Waals surface area contributed by atoms with E-state index in [0.29, 0.717) is 12.1 Å². The molecule has 0 bridgehead atoms. The summed E-state index contributed by atoms with van der Waals surface area (Å²) in [5.41, 5.74) is 1.18. The van der Waals surface area contributed by atoms with Crippen molar-refractivity contribution in [3.8, 4) is 0 Å². The quantitative estimate of drug-likeness (QED) is 0.280. The number of hydrogen-bond donors (Lipinski definition) is 2. The third-order valence-corrected chi connectivity index (χ3v) is 6.55. The Morgan fingerprint density at radius 1 is 1.27 bits per heavy atom. The maximum absolute atomic E-state index is 5.67. The Morgan fingerprint density at radius 3 is 2.67 bits per heavy atom. The number of rotatable bonds is 9. The molecule has 3 rings (SSSR count). The van der Waals surface area contributed by atoms with Gasteiger partial charge in [0.15, 0.2) is 11.1 Å². The van der Waals surface area contributed by atoms with Gasteiger partial charge in [-0.3, -0.25) is 4.99 Å². The number of ether oxygens (including phenoxy) is 1. The first kappa shape index (κ1) is 25.6. The lowest BCUT2D eigenvalue weighted by Gasteiger charge is -2.33. The SMILES string of the molecule is CN=C(NCCc1csc(N2CCCC2)n1)NC1CCN(CCOC(C)C)CC1.I. The number of hydrogen-bond acceptors (Lipinski definition) is 6. The summed E-state index contributed by atoms with van der Waals surface area (Å²) in [5, 5.41) is 10.4. The molecule has 1 aromatic rings. The number of guanidine groups is 1. The Bertz CT molecular complexity index is 627. The zero-order chi connectivity index (χ0) is 20.5. The van der Waals surface area contributed by atoms with E-state index >= 15 is 0 Å². The van der Waals surface area contributed by atoms with Crippen molar-refractivity contribution in [3.05, 3.63) is 11.1 Å². The van der Waals surface area contributed by atoms with E-state index in [1.165, 1.54) is 23.7 Å². The van der Waals surface area contributed by atoms with Crippen LogP contribution in [0.3, 0.4) is 0 Å². The van der Waals surface area contributed by atoms with E-state index in [-0.39, 0.29) is 24.0 Å². The Kier molecular flexibility index (Phi) is 11.7. The van der Waals surface area contributed by atoms with Crippen molar-refractivity contribution in [1.29, 1.82) is 0 Å². The number of halogens is 1. The molecule has 9 heteroatoms. The highest BCUT2D eigenvalue weighted by Crippen LogP contribution is 2.24. The molecule has 2 aliphatic heterocycles. The molecular weight excluding hydrogens is 511 g/mol. The molecular formula is C21H39IN6OS. The molecule has 30 heavy (non-hydrogen) atoms. The van der Waals surface area contributed by atoms with Gasteiger partial charge in [0.25, 0.3) is 0 Å². The summed E-state index contributed by atoms with van der Waals surface area (Å²) in [5.74, 6) is 0.904. The average molecular weight is 551 g/mol. The predicted octanol–water partition coefficient (Wildman–Crippen LogP) is 2.96. The summed E-state index contributed by atoms with van der Waals surface area (Å²) in [6.07, 6.45) is 6.13. The summed E-state index contributed by atoms with van der Waals surface area (Å²) < 4.78 is 5.67. The number of aromatic nitrogens is 1. The minimum absolute atomic E-state index is 0. The van der Waals surface area contributed by atoms with Crippen LogP contribution in [0.5, 0.6) is 0 Å². The van der Waals surface area contributed by atoms with Gasteiger partial charge >= 0.3 is 0 Å². The molecule has 1 aromatic heterocycles. The second-order valence-corrected chi connectivity index (χ2v) is 9.08. The van der Waals surface area contributed by atoms with E-state index in [0.717, 1.165) is 71.1 Å². The molecule has 0 aromatic carbocycles. The molecule has 2 fully saturated rings. The lowest BCUT2D eigenvalue weighted by Crippen LogP contribution is -2.49. The molecule has 0 radical (unpaired) electrons. The number of anilines is 1. The van der Waals surface area contributed by atoms with Crippen molar-refractivity contribution in [2.45, 2.75) is 58.1 Å². The number of thiazole rings is 1. The largest absolute Gasteiger partial charge is 0.377 e. The normalized spacial score (nSPS) is 18.7. The highest BCUT2D eigenvalue weighted by atomic mass is 127. The van der Waals surface area contributed by atoms with E-state index in [4.69, 9.17) is 9.72 Å². The van der Waals surface area contributed by atoms with Crippen LogP contribution >= 0.6 is 35.3 Å². The van der Waals surface area contributed by atoms with Crippen LogP contribution < -0.4 is 15.5 Å². The topological polar surface area (TPSA) is 65.0 Å². The van der Waals surface area contributed by atoms with Crippen molar-refractivity contribution in [2.24, 2.45) is 4.99 Å². The minimum atomic E-state index is 0. The van der Waals surface area contributed by atoms with Gasteiger partial charge in [-0.2, -0.15) is 0 Å². The third kappa shape index (κ3) is 8.47. The van der Waals surface area contributed by atoms with Gasteiger partial charge in [0.2, 0.25) is 0 Å². The van der Waals surface area contributed by atoms with E-state index in [2.05, 4.69) is 44.7 Å². The summed E-state index contributed by atoms with van der Waals surface area (Å²) in [4.78, 5) is 14.1. The maximum Gasteiger partial charge on any atom is 0.191 e. The zero-order valence-corrected chi connectivity index (χ0v) is 21.9. The van der Waals surface area contributed by atoms with Crippen molar-refractivity contribution in [2.75, 3.05) is 57.8 Å². The van der Waals surface area contributed by atoms with Crippen LogP contribution in [0.2, 0.25) is 0 Å². The lowest BCUT2D eigenvalue weighted by molar-refractivity contribution is 0.0532. The highest BCUT2D eigenvalue weighted by Gasteiger charge is 2.20. The molecule has 172 valence electrons. The predicted molar refractivity (Wildman–Crippen MR) is 138 cm³/mol. The molecule has 2 aliphatic rings. The molecule has 0 spiro atoms. The van der Waals surface area contributed by atoms with Crippen LogP contribution in [-0.2, 0) is 11.2 Å². The lowest BCUT2D eigenvalue weighted by atomic mass is 10.1. The molecule has 7 nitrogen and oxygen atoms in total. The first-order valence-corrected chi connectivity index (χ1v) is 12.0. The van der Waals surface area contributed by atoms with Crippen molar-refractivity contribution < 1.29 is 4.74 Å². The summed E-state index contributed by atoms with van der Waals surface area (Å²) in [6, 6.07) is 0.490. The number of nitrogens with zero attached hydrogens (tertiary/aromatic N) is 4. The summed E-state index contributed by atoms with van der Waals surface area (Å²) in [7, 11) is 1.85. The van der Waals surface area contributed by atoms with E-state index in [1.807, 2.05) is 7.05 Å². The first-order valence-electron chi connectivity index (χ1n) is 11.1. The van der Waals surface area contributed by atoms with Crippen LogP contribution in [-0.4, -0.2) is 80.9 Å². The van der Waals surface area contributed by atoms with Gasteiger partial charge in [-0.1, -0.05) is 0 Å². The van der Waals surface area contributed by atoms with Gasteiger partial charge in [-0.25, -0.2) is 4.98 Å². The number of aliphatic imine (C=N–C) groups is 1. The van der Waals surface area contributed by atoms with Gasteiger partial charge < -0.3 is 25.2 Å². The zero-order valence-electron chi connectivity index (χ0n) is 18.7. The molecule has 2 N–H and O–H groups in total. The van der Waals surface area contributed by atoms with Gasteiger partial charge in [-0.15, -0.1) is 35.3 Å². The smallest absolute Gasteiger partial charge is 0.191 e. The van der Waals surface area contributed by atoms with Gasteiger partial charge in [0, 0.05) is 64.2 Å². The number of piperidine rings is 1. The number of nitrogens with one attached hydrogen (secondary N) is 2. The van der Waals surface area contributed by atoms with Crippen LogP contribution in [0.1, 0.15) is 45.2 Å². The van der Waals surface area contributed by atoms with Crippen LogP contribution in [0.15, 0.2) is 10.4 Å². The summed E-state index contributed by atoms with van der Waals surface area (Å²) in [6.45, 7) is 11.5. The fourth-order valence-corrected chi connectivity index (χ4v) is 4.79. The molecule has 0 saturated carbocycles. The fourth-order valence-electron chi connectivity index (χ4n) is 3.88.